The molecule has 3 rings (SSSR count). The van der Waals surface area contributed by atoms with Crippen LogP contribution in [0.5, 0.6) is 5.75 Å². The van der Waals surface area contributed by atoms with Gasteiger partial charge in [0.15, 0.2) is 0 Å². The Morgan fingerprint density at radius 2 is 1.96 bits per heavy atom. The van der Waals surface area contributed by atoms with E-state index < -0.39 is 0 Å². The zero-order valence-corrected chi connectivity index (χ0v) is 15.5. The Balaban J connectivity index is 1.69. The lowest BCUT2D eigenvalue weighted by Crippen LogP contribution is -2.52. The van der Waals surface area contributed by atoms with Crippen molar-refractivity contribution in [2.75, 3.05) is 33.3 Å². The van der Waals surface area contributed by atoms with Gasteiger partial charge in [-0.1, -0.05) is 12.1 Å². The van der Waals surface area contributed by atoms with Gasteiger partial charge in [0.2, 0.25) is 5.91 Å². The standard InChI is InChI=1S/C20H28N2O3/c1-4-21-14-20(9-8-17(21)23)10-12-22(13-11-20)19(24)16-7-5-6-15(2)18(16)25-3/h5-7H,4,8-14H2,1-3H3. The summed E-state index contributed by atoms with van der Waals surface area (Å²) in [4.78, 5) is 28.8. The predicted octanol–water partition coefficient (Wildman–Crippen LogP) is 2.87. The molecule has 136 valence electrons. The molecule has 0 aromatic heterocycles. The molecule has 2 amide bonds. The van der Waals surface area contributed by atoms with Crippen molar-refractivity contribution in [1.29, 1.82) is 0 Å². The van der Waals surface area contributed by atoms with Crippen LogP contribution in [0.1, 0.15) is 48.5 Å². The molecule has 2 saturated heterocycles. The molecule has 0 aliphatic carbocycles. The zero-order valence-electron chi connectivity index (χ0n) is 15.5. The third-order valence-electron chi connectivity index (χ3n) is 5.89. The van der Waals surface area contributed by atoms with Crippen molar-refractivity contribution >= 4 is 11.8 Å². The number of ether oxygens (including phenoxy) is 1. The molecule has 0 atom stereocenters. The molecule has 2 aliphatic heterocycles. The summed E-state index contributed by atoms with van der Waals surface area (Å²) in [6.07, 6.45) is 3.54. The highest BCUT2D eigenvalue weighted by Gasteiger charge is 2.41. The molecule has 0 radical (unpaired) electrons. The molecule has 0 saturated carbocycles. The molecule has 0 unspecified atom stereocenters. The first kappa shape index (κ1) is 17.8. The summed E-state index contributed by atoms with van der Waals surface area (Å²) in [5, 5.41) is 0. The van der Waals surface area contributed by atoms with Crippen molar-refractivity contribution in [3.63, 3.8) is 0 Å². The summed E-state index contributed by atoms with van der Waals surface area (Å²) in [5.74, 6) is 0.999. The van der Waals surface area contributed by atoms with Crippen LogP contribution in [-0.4, -0.2) is 54.9 Å². The van der Waals surface area contributed by atoms with Gasteiger partial charge in [-0.2, -0.15) is 0 Å². The topological polar surface area (TPSA) is 49.9 Å². The van der Waals surface area contributed by atoms with E-state index in [2.05, 4.69) is 0 Å². The van der Waals surface area contributed by atoms with Gasteiger partial charge in [0.1, 0.15) is 5.75 Å². The molecule has 2 heterocycles. The number of rotatable bonds is 3. The number of nitrogens with zero attached hydrogens (tertiary/aromatic N) is 2. The summed E-state index contributed by atoms with van der Waals surface area (Å²) in [5.41, 5.74) is 1.82. The number of hydrogen-bond acceptors (Lipinski definition) is 3. The SMILES string of the molecule is CCN1CC2(CCC1=O)CCN(C(=O)c1cccc(C)c1OC)CC2. The molecular weight excluding hydrogens is 316 g/mol. The summed E-state index contributed by atoms with van der Waals surface area (Å²) < 4.78 is 5.45. The Morgan fingerprint density at radius 1 is 1.24 bits per heavy atom. The monoisotopic (exact) mass is 344 g/mol. The Hall–Kier alpha value is -2.04. The molecule has 1 spiro atoms. The minimum atomic E-state index is 0.0506. The Morgan fingerprint density at radius 3 is 2.60 bits per heavy atom. The molecular formula is C20H28N2O3. The highest BCUT2D eigenvalue weighted by atomic mass is 16.5. The summed E-state index contributed by atoms with van der Waals surface area (Å²) in [6, 6.07) is 5.71. The van der Waals surface area contributed by atoms with Gasteiger partial charge in [0.05, 0.1) is 12.7 Å². The van der Waals surface area contributed by atoms with E-state index in [1.807, 2.05) is 41.8 Å². The maximum Gasteiger partial charge on any atom is 0.257 e. The predicted molar refractivity (Wildman–Crippen MR) is 96.8 cm³/mol. The third-order valence-corrected chi connectivity index (χ3v) is 5.89. The molecule has 1 aromatic rings. The molecule has 25 heavy (non-hydrogen) atoms. The highest BCUT2D eigenvalue weighted by Crippen LogP contribution is 2.40. The van der Waals surface area contributed by atoms with Crippen LogP contribution in [0.2, 0.25) is 0 Å². The van der Waals surface area contributed by atoms with E-state index in [0.717, 1.165) is 51.0 Å². The van der Waals surface area contributed by atoms with Crippen LogP contribution in [0.3, 0.4) is 0 Å². The number of carbonyl (C=O) groups excluding carboxylic acids is 2. The van der Waals surface area contributed by atoms with E-state index in [4.69, 9.17) is 4.74 Å². The first-order valence-corrected chi connectivity index (χ1v) is 9.20. The number of likely N-dealkylation sites (tertiary alicyclic amines) is 2. The fraction of sp³-hybridized carbons (Fsp3) is 0.600. The van der Waals surface area contributed by atoms with Crippen molar-refractivity contribution < 1.29 is 14.3 Å². The van der Waals surface area contributed by atoms with Crippen LogP contribution in [0.25, 0.3) is 0 Å². The Labute approximate surface area is 149 Å². The molecule has 5 nitrogen and oxygen atoms in total. The van der Waals surface area contributed by atoms with Gasteiger partial charge in [-0.05, 0) is 50.2 Å². The van der Waals surface area contributed by atoms with Gasteiger partial charge >= 0.3 is 0 Å². The number of carbonyl (C=O) groups is 2. The number of hydrogen-bond donors (Lipinski definition) is 0. The summed E-state index contributed by atoms with van der Waals surface area (Å²) in [6.45, 7) is 7.13. The van der Waals surface area contributed by atoms with Crippen LogP contribution >= 0.6 is 0 Å². The lowest BCUT2D eigenvalue weighted by atomic mass is 9.72. The normalized spacial score (nSPS) is 20.0. The maximum atomic E-state index is 13.0. The van der Waals surface area contributed by atoms with E-state index in [-0.39, 0.29) is 17.2 Å². The molecule has 0 bridgehead atoms. The minimum absolute atomic E-state index is 0.0506. The second-order valence-electron chi connectivity index (χ2n) is 7.36. The number of methoxy groups -OCH3 is 1. The summed E-state index contributed by atoms with van der Waals surface area (Å²) in [7, 11) is 1.61. The van der Waals surface area contributed by atoms with Gasteiger partial charge in [-0.3, -0.25) is 9.59 Å². The van der Waals surface area contributed by atoms with Gasteiger partial charge in [-0.15, -0.1) is 0 Å². The highest BCUT2D eigenvalue weighted by molar-refractivity contribution is 5.97. The van der Waals surface area contributed by atoms with Crippen LogP contribution in [0.4, 0.5) is 0 Å². The van der Waals surface area contributed by atoms with E-state index in [1.54, 1.807) is 7.11 Å². The number of para-hydroxylation sites is 1. The molecule has 5 heteroatoms. The lowest BCUT2D eigenvalue weighted by molar-refractivity contribution is -0.138. The summed E-state index contributed by atoms with van der Waals surface area (Å²) >= 11 is 0. The van der Waals surface area contributed by atoms with Crippen molar-refractivity contribution in [3.8, 4) is 5.75 Å². The average Bonchev–Trinajstić information content (AvgIpc) is 2.64. The fourth-order valence-corrected chi connectivity index (χ4v) is 4.24. The lowest BCUT2D eigenvalue weighted by Gasteiger charge is -2.47. The third kappa shape index (κ3) is 3.37. The molecule has 2 fully saturated rings. The van der Waals surface area contributed by atoms with E-state index in [9.17, 15) is 9.59 Å². The Bertz CT molecular complexity index is 663. The first-order chi connectivity index (χ1) is 12.0. The molecule has 2 aliphatic rings. The minimum Gasteiger partial charge on any atom is -0.496 e. The largest absolute Gasteiger partial charge is 0.496 e. The molecule has 1 aromatic carbocycles. The van der Waals surface area contributed by atoms with Gasteiger partial charge in [-0.25, -0.2) is 0 Å². The van der Waals surface area contributed by atoms with Crippen molar-refractivity contribution in [3.05, 3.63) is 29.3 Å². The van der Waals surface area contributed by atoms with Crippen molar-refractivity contribution in [1.82, 2.24) is 9.80 Å². The van der Waals surface area contributed by atoms with Gasteiger partial charge in [0.25, 0.3) is 5.91 Å². The number of aryl methyl sites for hydroxylation is 1. The van der Waals surface area contributed by atoms with E-state index >= 15 is 0 Å². The number of piperidine rings is 2. The maximum absolute atomic E-state index is 13.0. The van der Waals surface area contributed by atoms with Crippen molar-refractivity contribution in [2.45, 2.75) is 39.5 Å². The van der Waals surface area contributed by atoms with Crippen LogP contribution in [0.15, 0.2) is 18.2 Å². The number of benzene rings is 1. The smallest absolute Gasteiger partial charge is 0.257 e. The second kappa shape index (κ2) is 7.06. The van der Waals surface area contributed by atoms with Crippen LogP contribution < -0.4 is 4.74 Å². The second-order valence-corrected chi connectivity index (χ2v) is 7.36. The van der Waals surface area contributed by atoms with E-state index in [1.165, 1.54) is 0 Å². The fourth-order valence-electron chi connectivity index (χ4n) is 4.24. The zero-order chi connectivity index (χ0) is 18.0. The quantitative estimate of drug-likeness (QED) is 0.847. The van der Waals surface area contributed by atoms with Gasteiger partial charge < -0.3 is 14.5 Å². The van der Waals surface area contributed by atoms with E-state index in [0.29, 0.717) is 17.7 Å². The van der Waals surface area contributed by atoms with Crippen molar-refractivity contribution in [2.24, 2.45) is 5.41 Å². The Kier molecular flexibility index (Phi) is 5.02. The average molecular weight is 344 g/mol. The van der Waals surface area contributed by atoms with Gasteiger partial charge in [0, 0.05) is 32.6 Å². The molecule has 0 N–H and O–H groups in total. The van der Waals surface area contributed by atoms with Crippen LogP contribution in [-0.2, 0) is 4.79 Å². The first-order valence-electron chi connectivity index (χ1n) is 9.20. The number of amides is 2. The van der Waals surface area contributed by atoms with Crippen LogP contribution in [0, 0.1) is 12.3 Å².